The van der Waals surface area contributed by atoms with Gasteiger partial charge in [0.05, 0.1) is 18.8 Å². The third kappa shape index (κ3) is 9.48. The molecule has 0 aliphatic heterocycles. The smallest absolute Gasteiger partial charge is 0.302 e. The molecule has 0 rings (SSSR count). The standard InChI is InChI=1S/C6H14O2.C4H8O2/c1-3-6(8,4-2)5-7;1-3-6-4(2)5/h7-8H,3-5H2,1-2H3;3H2,1-2H3. The van der Waals surface area contributed by atoms with Gasteiger partial charge in [0.2, 0.25) is 0 Å². The molecule has 0 aromatic heterocycles. The van der Waals surface area contributed by atoms with Gasteiger partial charge in [-0.25, -0.2) is 0 Å². The summed E-state index contributed by atoms with van der Waals surface area (Å²) >= 11 is 0. The van der Waals surface area contributed by atoms with E-state index >= 15 is 0 Å². The first-order valence-corrected chi connectivity index (χ1v) is 4.92. The molecule has 4 heteroatoms. The van der Waals surface area contributed by atoms with Gasteiger partial charge in [0.15, 0.2) is 0 Å². The highest BCUT2D eigenvalue weighted by Gasteiger charge is 2.19. The number of carbonyl (C=O) groups is 1. The van der Waals surface area contributed by atoms with Gasteiger partial charge in [-0.2, -0.15) is 0 Å². The lowest BCUT2D eigenvalue weighted by Crippen LogP contribution is -2.30. The SMILES string of the molecule is CCC(O)(CC)CO.CCOC(C)=O. The van der Waals surface area contributed by atoms with Crippen LogP contribution in [0.4, 0.5) is 0 Å². The maximum Gasteiger partial charge on any atom is 0.302 e. The molecule has 14 heavy (non-hydrogen) atoms. The van der Waals surface area contributed by atoms with E-state index in [4.69, 9.17) is 5.11 Å². The third-order valence-electron chi connectivity index (χ3n) is 1.96. The summed E-state index contributed by atoms with van der Waals surface area (Å²) in [5.74, 6) is -0.211. The van der Waals surface area contributed by atoms with Crippen LogP contribution in [-0.2, 0) is 9.53 Å². The Hall–Kier alpha value is -0.610. The molecule has 0 aliphatic rings. The van der Waals surface area contributed by atoms with Crippen LogP contribution in [0.15, 0.2) is 0 Å². The molecule has 4 nitrogen and oxygen atoms in total. The number of rotatable bonds is 4. The van der Waals surface area contributed by atoms with Crippen LogP contribution in [0.25, 0.3) is 0 Å². The lowest BCUT2D eigenvalue weighted by atomic mass is 9.99. The summed E-state index contributed by atoms with van der Waals surface area (Å²) in [5.41, 5.74) is -0.819. The molecule has 0 fully saturated rings. The normalized spacial score (nSPS) is 10.1. The monoisotopic (exact) mass is 206 g/mol. The quantitative estimate of drug-likeness (QED) is 0.676. The summed E-state index contributed by atoms with van der Waals surface area (Å²) in [6.07, 6.45) is 1.25. The van der Waals surface area contributed by atoms with E-state index in [2.05, 4.69) is 4.74 Å². The van der Waals surface area contributed by atoms with E-state index < -0.39 is 5.60 Å². The van der Waals surface area contributed by atoms with Gasteiger partial charge in [-0.05, 0) is 19.8 Å². The molecule has 0 saturated heterocycles. The molecule has 0 saturated carbocycles. The van der Waals surface area contributed by atoms with Crippen LogP contribution in [0.3, 0.4) is 0 Å². The molecule has 0 atom stereocenters. The Morgan fingerprint density at radius 2 is 1.71 bits per heavy atom. The van der Waals surface area contributed by atoms with Gasteiger partial charge in [-0.3, -0.25) is 4.79 Å². The van der Waals surface area contributed by atoms with E-state index in [1.165, 1.54) is 6.92 Å². The summed E-state index contributed by atoms with van der Waals surface area (Å²) in [6.45, 7) is 7.25. The molecule has 0 aromatic rings. The maximum atomic E-state index is 9.82. The lowest BCUT2D eigenvalue weighted by Gasteiger charge is -2.21. The maximum absolute atomic E-state index is 9.82. The van der Waals surface area contributed by atoms with Crippen molar-refractivity contribution in [2.45, 2.75) is 46.1 Å². The van der Waals surface area contributed by atoms with Crippen LogP contribution in [0.2, 0.25) is 0 Å². The van der Waals surface area contributed by atoms with E-state index in [1.54, 1.807) is 6.92 Å². The fourth-order valence-corrected chi connectivity index (χ4v) is 0.677. The summed E-state index contributed by atoms with van der Waals surface area (Å²) in [5, 5.41) is 17.7. The third-order valence-corrected chi connectivity index (χ3v) is 1.96. The Balaban J connectivity index is 0. The van der Waals surface area contributed by atoms with Crippen LogP contribution in [0, 0.1) is 0 Å². The van der Waals surface area contributed by atoms with E-state index in [0.717, 1.165) is 0 Å². The minimum atomic E-state index is -0.819. The lowest BCUT2D eigenvalue weighted by molar-refractivity contribution is -0.140. The molecular weight excluding hydrogens is 184 g/mol. The number of aliphatic hydroxyl groups excluding tert-OH is 1. The first kappa shape index (κ1) is 15.8. The predicted molar refractivity (Wildman–Crippen MR) is 54.9 cm³/mol. The van der Waals surface area contributed by atoms with Gasteiger partial charge in [-0.1, -0.05) is 13.8 Å². The van der Waals surface area contributed by atoms with Crippen LogP contribution >= 0.6 is 0 Å². The van der Waals surface area contributed by atoms with Crippen LogP contribution in [0.1, 0.15) is 40.5 Å². The Bertz CT molecular complexity index is 133. The van der Waals surface area contributed by atoms with Gasteiger partial charge in [0, 0.05) is 6.92 Å². The van der Waals surface area contributed by atoms with Crippen molar-refractivity contribution in [1.82, 2.24) is 0 Å². The first-order chi connectivity index (χ1) is 6.45. The number of hydrogen-bond donors (Lipinski definition) is 2. The molecule has 0 aromatic carbocycles. The Labute approximate surface area is 85.9 Å². The number of aliphatic hydroxyl groups is 2. The minimum absolute atomic E-state index is 0.125. The minimum Gasteiger partial charge on any atom is -0.466 e. The zero-order valence-corrected chi connectivity index (χ0v) is 9.54. The second-order valence-electron chi connectivity index (χ2n) is 3.01. The molecule has 0 spiro atoms. The number of esters is 1. The van der Waals surface area contributed by atoms with Crippen molar-refractivity contribution in [3.8, 4) is 0 Å². The van der Waals surface area contributed by atoms with Crippen molar-refractivity contribution >= 4 is 5.97 Å². The summed E-state index contributed by atoms with van der Waals surface area (Å²) in [7, 11) is 0. The van der Waals surface area contributed by atoms with Crippen molar-refractivity contribution in [3.05, 3.63) is 0 Å². The average molecular weight is 206 g/mol. The molecule has 0 bridgehead atoms. The van der Waals surface area contributed by atoms with Gasteiger partial charge in [0.25, 0.3) is 0 Å². The molecule has 2 N–H and O–H groups in total. The Morgan fingerprint density at radius 3 is 1.71 bits per heavy atom. The van der Waals surface area contributed by atoms with Crippen molar-refractivity contribution in [2.75, 3.05) is 13.2 Å². The number of carbonyl (C=O) groups excluding carboxylic acids is 1. The largest absolute Gasteiger partial charge is 0.466 e. The van der Waals surface area contributed by atoms with Crippen molar-refractivity contribution in [1.29, 1.82) is 0 Å². The van der Waals surface area contributed by atoms with Gasteiger partial charge in [-0.15, -0.1) is 0 Å². The van der Waals surface area contributed by atoms with Gasteiger partial charge >= 0.3 is 5.97 Å². The molecule has 0 aliphatic carbocycles. The van der Waals surface area contributed by atoms with E-state index in [9.17, 15) is 9.90 Å². The highest BCUT2D eigenvalue weighted by atomic mass is 16.5. The molecule has 86 valence electrons. The summed E-state index contributed by atoms with van der Waals surface area (Å²) < 4.78 is 4.40. The summed E-state index contributed by atoms with van der Waals surface area (Å²) in [4.78, 5) is 9.82. The Kier molecular flexibility index (Phi) is 10.1. The fourth-order valence-electron chi connectivity index (χ4n) is 0.677. The van der Waals surface area contributed by atoms with Gasteiger partial charge < -0.3 is 14.9 Å². The van der Waals surface area contributed by atoms with E-state index in [1.807, 2.05) is 13.8 Å². The van der Waals surface area contributed by atoms with Crippen LogP contribution in [0.5, 0.6) is 0 Å². The first-order valence-electron chi connectivity index (χ1n) is 4.92. The molecule has 0 amide bonds. The Morgan fingerprint density at radius 1 is 1.29 bits per heavy atom. The zero-order valence-electron chi connectivity index (χ0n) is 9.54. The summed E-state index contributed by atoms with van der Waals surface area (Å²) in [6, 6.07) is 0. The van der Waals surface area contributed by atoms with Gasteiger partial charge in [0.1, 0.15) is 0 Å². The van der Waals surface area contributed by atoms with Crippen LogP contribution < -0.4 is 0 Å². The zero-order chi connectivity index (χ0) is 11.6. The average Bonchev–Trinajstić information content (AvgIpc) is 2.17. The number of ether oxygens (including phenoxy) is 1. The van der Waals surface area contributed by atoms with E-state index in [0.29, 0.717) is 19.4 Å². The van der Waals surface area contributed by atoms with Crippen molar-refractivity contribution < 1.29 is 19.7 Å². The van der Waals surface area contributed by atoms with E-state index in [-0.39, 0.29) is 12.6 Å². The van der Waals surface area contributed by atoms with Crippen molar-refractivity contribution in [3.63, 3.8) is 0 Å². The highest BCUT2D eigenvalue weighted by Crippen LogP contribution is 2.11. The number of hydrogen-bond acceptors (Lipinski definition) is 4. The molecule has 0 heterocycles. The fraction of sp³-hybridized carbons (Fsp3) is 0.900. The highest BCUT2D eigenvalue weighted by molar-refractivity contribution is 5.65. The molecular formula is C10H22O4. The molecule has 0 radical (unpaired) electrons. The van der Waals surface area contributed by atoms with Crippen LogP contribution in [-0.4, -0.2) is 35.0 Å². The second kappa shape index (κ2) is 8.97. The van der Waals surface area contributed by atoms with Crippen molar-refractivity contribution in [2.24, 2.45) is 0 Å². The molecule has 0 unspecified atom stereocenters. The second-order valence-corrected chi connectivity index (χ2v) is 3.01. The topological polar surface area (TPSA) is 66.8 Å². The predicted octanol–water partition coefficient (Wildman–Crippen LogP) is 1.10.